The van der Waals surface area contributed by atoms with E-state index in [9.17, 15) is 13.6 Å². The molecule has 0 radical (unpaired) electrons. The number of benzene rings is 1. The highest BCUT2D eigenvalue weighted by Gasteiger charge is 2.39. The number of nitrogens with zero attached hydrogens (tertiary/aromatic N) is 2. The third-order valence-electron chi connectivity index (χ3n) is 3.39. The summed E-state index contributed by atoms with van der Waals surface area (Å²) in [5, 5.41) is 1.01. The number of hydrogen-bond acceptors (Lipinski definition) is 4. The predicted molar refractivity (Wildman–Crippen MR) is 80.5 cm³/mol. The summed E-state index contributed by atoms with van der Waals surface area (Å²) in [5.41, 5.74) is 1.28. The molecule has 0 atom stereocenters. The molecule has 0 saturated carbocycles. The number of amides is 1. The van der Waals surface area contributed by atoms with Gasteiger partial charge in [-0.3, -0.25) is 4.79 Å². The fourth-order valence-corrected chi connectivity index (χ4v) is 3.20. The van der Waals surface area contributed by atoms with E-state index in [4.69, 9.17) is 16.0 Å². The van der Waals surface area contributed by atoms with Crippen molar-refractivity contribution >= 4 is 40.4 Å². The molecule has 0 spiro atoms. The van der Waals surface area contributed by atoms with E-state index < -0.39 is 12.5 Å². The first-order valence-corrected chi connectivity index (χ1v) is 8.14. The molecule has 1 aromatic carbocycles. The van der Waals surface area contributed by atoms with Gasteiger partial charge in [-0.1, -0.05) is 23.4 Å². The summed E-state index contributed by atoms with van der Waals surface area (Å²) in [6, 6.07) is 5.13. The number of thioether (sulfide) groups is 1. The van der Waals surface area contributed by atoms with Gasteiger partial charge in [0.1, 0.15) is 5.52 Å². The van der Waals surface area contributed by atoms with Crippen LogP contribution < -0.4 is 0 Å². The van der Waals surface area contributed by atoms with Gasteiger partial charge in [0.05, 0.1) is 6.54 Å². The molecule has 4 nitrogen and oxygen atoms in total. The van der Waals surface area contributed by atoms with Crippen LogP contribution >= 0.6 is 23.4 Å². The lowest BCUT2D eigenvalue weighted by Gasteiger charge is -2.15. The van der Waals surface area contributed by atoms with E-state index in [1.54, 1.807) is 18.2 Å². The third kappa shape index (κ3) is 3.52. The molecule has 1 amide bonds. The zero-order chi connectivity index (χ0) is 15.7. The Bertz CT molecular complexity index is 707. The Hall–Kier alpha value is -1.34. The van der Waals surface area contributed by atoms with Crippen molar-refractivity contribution in [2.45, 2.75) is 24.0 Å². The summed E-state index contributed by atoms with van der Waals surface area (Å²) < 4.78 is 31.6. The summed E-state index contributed by atoms with van der Waals surface area (Å²) in [7, 11) is 0. The average Bonchev–Trinajstić information content (AvgIpc) is 3.01. The topological polar surface area (TPSA) is 46.3 Å². The van der Waals surface area contributed by atoms with Crippen molar-refractivity contribution in [3.8, 4) is 0 Å². The van der Waals surface area contributed by atoms with Gasteiger partial charge in [0.15, 0.2) is 5.58 Å². The van der Waals surface area contributed by atoms with E-state index in [1.807, 2.05) is 0 Å². The Morgan fingerprint density at radius 1 is 1.50 bits per heavy atom. The Labute approximate surface area is 134 Å². The van der Waals surface area contributed by atoms with Crippen LogP contribution in [0.2, 0.25) is 5.02 Å². The van der Waals surface area contributed by atoms with Crippen molar-refractivity contribution in [3.05, 3.63) is 23.2 Å². The lowest BCUT2D eigenvalue weighted by Crippen LogP contribution is -2.31. The Morgan fingerprint density at radius 3 is 3.05 bits per heavy atom. The molecule has 22 heavy (non-hydrogen) atoms. The van der Waals surface area contributed by atoms with Crippen molar-refractivity contribution in [1.29, 1.82) is 0 Å². The molecule has 0 unspecified atom stereocenters. The highest BCUT2D eigenvalue weighted by atomic mass is 35.5. The first-order valence-electron chi connectivity index (χ1n) is 6.77. The van der Waals surface area contributed by atoms with E-state index in [2.05, 4.69) is 4.98 Å². The van der Waals surface area contributed by atoms with Gasteiger partial charge in [0, 0.05) is 30.2 Å². The minimum atomic E-state index is -2.75. The molecule has 2 heterocycles. The predicted octanol–water partition coefficient (Wildman–Crippen LogP) is 3.83. The van der Waals surface area contributed by atoms with E-state index >= 15 is 0 Å². The Kier molecular flexibility index (Phi) is 4.27. The molecule has 1 saturated heterocycles. The van der Waals surface area contributed by atoms with Gasteiger partial charge in [0.2, 0.25) is 5.91 Å². The van der Waals surface area contributed by atoms with Crippen LogP contribution in [0.5, 0.6) is 0 Å². The number of halogens is 3. The van der Waals surface area contributed by atoms with Gasteiger partial charge >= 0.3 is 0 Å². The quantitative estimate of drug-likeness (QED) is 0.789. The number of carbonyl (C=O) groups is 1. The normalized spacial score (nSPS) is 17.3. The number of aromatic nitrogens is 1. The molecule has 8 heteroatoms. The highest BCUT2D eigenvalue weighted by Crippen LogP contribution is 2.28. The van der Waals surface area contributed by atoms with E-state index in [-0.39, 0.29) is 25.3 Å². The van der Waals surface area contributed by atoms with Gasteiger partial charge in [0.25, 0.3) is 11.1 Å². The average molecular weight is 347 g/mol. The van der Waals surface area contributed by atoms with Gasteiger partial charge in [-0.2, -0.15) is 0 Å². The molecule has 118 valence electrons. The first kappa shape index (κ1) is 15.6. The zero-order valence-corrected chi connectivity index (χ0v) is 13.1. The SMILES string of the molecule is O=C(CCSc1nc2cc(Cl)ccc2o1)N1CCC(F)(F)C1. The summed E-state index contributed by atoms with van der Waals surface area (Å²) in [4.78, 5) is 17.3. The van der Waals surface area contributed by atoms with Crippen molar-refractivity contribution in [1.82, 2.24) is 9.88 Å². The van der Waals surface area contributed by atoms with Crippen molar-refractivity contribution in [2.75, 3.05) is 18.8 Å². The molecule has 0 aliphatic carbocycles. The highest BCUT2D eigenvalue weighted by molar-refractivity contribution is 7.99. The second kappa shape index (κ2) is 6.04. The van der Waals surface area contributed by atoms with Crippen LogP contribution in [0, 0.1) is 0 Å². The van der Waals surface area contributed by atoms with Gasteiger partial charge < -0.3 is 9.32 Å². The summed E-state index contributed by atoms with van der Waals surface area (Å²) >= 11 is 7.15. The lowest BCUT2D eigenvalue weighted by molar-refractivity contribution is -0.131. The Balaban J connectivity index is 1.53. The molecule has 1 aliphatic heterocycles. The number of hydrogen-bond donors (Lipinski definition) is 0. The second-order valence-corrected chi connectivity index (χ2v) is 6.59. The molecular formula is C14H13ClF2N2O2S. The minimum Gasteiger partial charge on any atom is -0.431 e. The monoisotopic (exact) mass is 346 g/mol. The summed E-state index contributed by atoms with van der Waals surface area (Å²) in [5.74, 6) is -2.58. The molecule has 3 rings (SSSR count). The van der Waals surface area contributed by atoms with Crippen molar-refractivity contribution < 1.29 is 18.0 Å². The van der Waals surface area contributed by atoms with E-state index in [0.29, 0.717) is 27.1 Å². The molecule has 0 N–H and O–H groups in total. The maximum Gasteiger partial charge on any atom is 0.267 e. The van der Waals surface area contributed by atoms with Crippen molar-refractivity contribution in [2.24, 2.45) is 0 Å². The lowest BCUT2D eigenvalue weighted by atomic mass is 10.3. The van der Waals surface area contributed by atoms with Crippen LogP contribution in [-0.4, -0.2) is 40.6 Å². The molecular weight excluding hydrogens is 334 g/mol. The fourth-order valence-electron chi connectivity index (χ4n) is 2.27. The standard InChI is InChI=1S/C14H13ClF2N2O2S/c15-9-1-2-11-10(7-9)18-13(21-11)22-6-3-12(20)19-5-4-14(16,17)8-19/h1-2,7H,3-6,8H2. The number of likely N-dealkylation sites (tertiary alicyclic amines) is 1. The molecule has 1 aliphatic rings. The third-order valence-corrected chi connectivity index (χ3v) is 4.46. The van der Waals surface area contributed by atoms with Gasteiger partial charge in [-0.05, 0) is 18.2 Å². The number of alkyl halides is 2. The minimum absolute atomic E-state index is 0.123. The number of carbonyl (C=O) groups excluding carboxylic acids is 1. The second-order valence-electron chi connectivity index (χ2n) is 5.11. The maximum atomic E-state index is 13.1. The van der Waals surface area contributed by atoms with Crippen LogP contribution in [0.3, 0.4) is 0 Å². The van der Waals surface area contributed by atoms with Crippen LogP contribution in [0.1, 0.15) is 12.8 Å². The summed E-state index contributed by atoms with van der Waals surface area (Å²) in [6.07, 6.45) is -0.0714. The van der Waals surface area contributed by atoms with E-state index in [1.165, 1.54) is 16.7 Å². The number of oxazole rings is 1. The molecule has 1 fully saturated rings. The van der Waals surface area contributed by atoms with Gasteiger partial charge in [-0.25, -0.2) is 13.8 Å². The fraction of sp³-hybridized carbons (Fsp3) is 0.429. The molecule has 1 aromatic heterocycles. The van der Waals surface area contributed by atoms with E-state index in [0.717, 1.165) is 0 Å². The number of rotatable bonds is 4. The van der Waals surface area contributed by atoms with Gasteiger partial charge in [-0.15, -0.1) is 0 Å². The summed E-state index contributed by atoms with van der Waals surface area (Å²) in [6.45, 7) is -0.351. The van der Waals surface area contributed by atoms with Crippen molar-refractivity contribution in [3.63, 3.8) is 0 Å². The van der Waals surface area contributed by atoms with Crippen LogP contribution in [0.25, 0.3) is 11.1 Å². The largest absolute Gasteiger partial charge is 0.431 e. The number of fused-ring (bicyclic) bond motifs is 1. The molecule has 2 aromatic rings. The van der Waals surface area contributed by atoms with Crippen LogP contribution in [-0.2, 0) is 4.79 Å². The first-order chi connectivity index (χ1) is 10.4. The Morgan fingerprint density at radius 2 is 2.32 bits per heavy atom. The van der Waals surface area contributed by atoms with Crippen LogP contribution in [0.4, 0.5) is 8.78 Å². The van der Waals surface area contributed by atoms with Crippen LogP contribution in [0.15, 0.2) is 27.8 Å². The zero-order valence-electron chi connectivity index (χ0n) is 11.5. The maximum absolute atomic E-state index is 13.1. The smallest absolute Gasteiger partial charge is 0.267 e. The molecule has 0 bridgehead atoms.